The van der Waals surface area contributed by atoms with Gasteiger partial charge in [-0.2, -0.15) is 4.98 Å². The molecule has 5 aromatic rings. The summed E-state index contributed by atoms with van der Waals surface area (Å²) in [5.74, 6) is 0.507. The van der Waals surface area contributed by atoms with Crippen molar-refractivity contribution in [1.29, 1.82) is 0 Å². The predicted octanol–water partition coefficient (Wildman–Crippen LogP) is 9.92. The fourth-order valence-electron chi connectivity index (χ4n) is 6.38. The maximum Gasteiger partial charge on any atom is 0.335 e. The number of aromatic nitrogens is 4. The Bertz CT molecular complexity index is 2020. The minimum atomic E-state index is -0.962. The quantitative estimate of drug-likeness (QED) is 0.0955. The van der Waals surface area contributed by atoms with Gasteiger partial charge in [-0.15, -0.1) is 11.3 Å². The van der Waals surface area contributed by atoms with Gasteiger partial charge in [-0.25, -0.2) is 19.6 Å². The molecule has 0 spiro atoms. The minimum Gasteiger partial charge on any atom is -0.478 e. The number of rotatable bonds is 16. The van der Waals surface area contributed by atoms with Crippen LogP contribution in [0.15, 0.2) is 65.7 Å². The van der Waals surface area contributed by atoms with Crippen LogP contribution in [0.1, 0.15) is 118 Å². The lowest BCUT2D eigenvalue weighted by molar-refractivity contribution is -0.132. The molecule has 0 atom stereocenters. The zero-order valence-corrected chi connectivity index (χ0v) is 33.7. The van der Waals surface area contributed by atoms with Crippen LogP contribution in [-0.4, -0.2) is 47.8 Å². The van der Waals surface area contributed by atoms with Crippen LogP contribution < -0.4 is 4.74 Å². The summed E-state index contributed by atoms with van der Waals surface area (Å²) in [4.78, 5) is 37.7. The van der Waals surface area contributed by atoms with Gasteiger partial charge in [-0.05, 0) is 106 Å². The van der Waals surface area contributed by atoms with Crippen LogP contribution in [0.25, 0.3) is 6.08 Å². The van der Waals surface area contributed by atoms with E-state index in [1.165, 1.54) is 33.6 Å². The first-order chi connectivity index (χ1) is 25.8. The molecule has 0 unspecified atom stereocenters. The van der Waals surface area contributed by atoms with Crippen molar-refractivity contribution in [2.45, 2.75) is 113 Å². The topological polar surface area (TPSA) is 127 Å². The van der Waals surface area contributed by atoms with E-state index in [2.05, 4.69) is 70.6 Å². The highest BCUT2D eigenvalue weighted by atomic mass is 32.1. The molecule has 0 saturated heterocycles. The Morgan fingerprint density at radius 1 is 0.944 bits per heavy atom. The Morgan fingerprint density at radius 2 is 1.63 bits per heavy atom. The van der Waals surface area contributed by atoms with E-state index in [0.717, 1.165) is 83.4 Å². The number of aliphatic carboxylic acids is 1. The number of aromatic carboxylic acids is 1. The van der Waals surface area contributed by atoms with Crippen LogP contribution in [-0.2, 0) is 30.6 Å². The standard InChI is InChI=1S/C23H24N2O4S.C21H30N2O/c1-2-3-6-21-24-14-19(12-18(23(28)29)13-20-5-4-11-30-20)25(21)15-16-7-9-17(10-8-16)22(26)27;1-8-18(9-2)24-21-16(6)20(22-17(7)23-21)12-19-14(4)10-13(3)11-15(19)5/h4-5,7-12,14H,2-3,6,13,15H2,1H3,(H,26,27)(H,28,29);10-11,18H,8-9,12H2,1-7H3/b18-12+;. The molecule has 0 aliphatic heterocycles. The number of thiophene rings is 1. The zero-order valence-electron chi connectivity index (χ0n) is 32.9. The van der Waals surface area contributed by atoms with Gasteiger partial charge in [0.15, 0.2) is 0 Å². The minimum absolute atomic E-state index is 0.216. The lowest BCUT2D eigenvalue weighted by atomic mass is 9.95. The second-order valence-corrected chi connectivity index (χ2v) is 14.8. The number of imidazole rings is 1. The van der Waals surface area contributed by atoms with E-state index < -0.39 is 11.9 Å². The second kappa shape index (κ2) is 19.8. The lowest BCUT2D eigenvalue weighted by Crippen LogP contribution is -2.17. The van der Waals surface area contributed by atoms with E-state index in [9.17, 15) is 14.7 Å². The van der Waals surface area contributed by atoms with Crippen LogP contribution >= 0.6 is 11.3 Å². The van der Waals surface area contributed by atoms with E-state index in [4.69, 9.17) is 14.8 Å². The van der Waals surface area contributed by atoms with E-state index in [0.29, 0.717) is 18.5 Å². The van der Waals surface area contributed by atoms with Crippen molar-refractivity contribution in [2.24, 2.45) is 0 Å². The van der Waals surface area contributed by atoms with Crippen molar-refractivity contribution in [1.82, 2.24) is 19.5 Å². The molecular formula is C44H54N4O5S. The molecule has 0 radical (unpaired) electrons. The van der Waals surface area contributed by atoms with Gasteiger partial charge in [0.05, 0.1) is 29.3 Å². The molecule has 5 rings (SSSR count). The van der Waals surface area contributed by atoms with Gasteiger partial charge in [-0.1, -0.05) is 63.1 Å². The average Bonchev–Trinajstić information content (AvgIpc) is 3.79. The van der Waals surface area contributed by atoms with Crippen LogP contribution in [0.5, 0.6) is 5.88 Å². The molecule has 0 fully saturated rings. The molecule has 0 aliphatic carbocycles. The number of hydrogen-bond donors (Lipinski definition) is 2. The highest BCUT2D eigenvalue weighted by Gasteiger charge is 2.17. The number of benzene rings is 2. The van der Waals surface area contributed by atoms with E-state index in [-0.39, 0.29) is 11.7 Å². The van der Waals surface area contributed by atoms with Gasteiger partial charge in [-0.3, -0.25) is 0 Å². The van der Waals surface area contributed by atoms with Crippen molar-refractivity contribution >= 4 is 29.4 Å². The van der Waals surface area contributed by atoms with Gasteiger partial charge >= 0.3 is 11.9 Å². The van der Waals surface area contributed by atoms with Crippen molar-refractivity contribution < 1.29 is 24.5 Å². The molecule has 10 heteroatoms. The Labute approximate surface area is 323 Å². The van der Waals surface area contributed by atoms with E-state index >= 15 is 0 Å². The van der Waals surface area contributed by atoms with Crippen LogP contribution in [0.2, 0.25) is 0 Å². The van der Waals surface area contributed by atoms with Gasteiger partial charge in [0.25, 0.3) is 0 Å². The second-order valence-electron chi connectivity index (χ2n) is 13.8. The Balaban J connectivity index is 0.000000247. The average molecular weight is 751 g/mol. The van der Waals surface area contributed by atoms with Gasteiger partial charge < -0.3 is 19.5 Å². The molecule has 0 amide bonds. The molecule has 3 aromatic heterocycles. The Morgan fingerprint density at radius 3 is 2.20 bits per heavy atom. The highest BCUT2D eigenvalue weighted by molar-refractivity contribution is 7.09. The molecule has 286 valence electrons. The lowest BCUT2D eigenvalue weighted by Gasteiger charge is -2.19. The predicted molar refractivity (Wildman–Crippen MR) is 217 cm³/mol. The van der Waals surface area contributed by atoms with Gasteiger partial charge in [0.1, 0.15) is 11.6 Å². The summed E-state index contributed by atoms with van der Waals surface area (Å²) in [6, 6.07) is 15.0. The van der Waals surface area contributed by atoms with Crippen molar-refractivity contribution in [3.05, 3.63) is 133 Å². The Kier molecular flexibility index (Phi) is 15.3. The summed E-state index contributed by atoms with van der Waals surface area (Å²) in [5.41, 5.74) is 9.65. The third-order valence-corrected chi connectivity index (χ3v) is 10.4. The third-order valence-electron chi connectivity index (χ3n) is 9.49. The maximum absolute atomic E-state index is 11.8. The fraction of sp³-hybridized carbons (Fsp3) is 0.386. The molecule has 3 heterocycles. The number of nitrogens with zero attached hydrogens (tertiary/aromatic N) is 4. The monoisotopic (exact) mass is 750 g/mol. The number of aryl methyl sites for hydroxylation is 5. The summed E-state index contributed by atoms with van der Waals surface area (Å²) in [6.07, 6.45) is 9.60. The first kappa shape index (κ1) is 41.7. The SMILES string of the molecule is CCC(CC)Oc1nc(C)nc(Cc2c(C)cc(C)cc2C)c1C.CCCCc1ncc(/C=C(\Cc2cccs2)C(=O)O)n1Cc1ccc(C(=O)O)cc1. The first-order valence-corrected chi connectivity index (χ1v) is 19.6. The normalized spacial score (nSPS) is 11.4. The molecule has 0 aliphatic rings. The largest absolute Gasteiger partial charge is 0.478 e. The number of ether oxygens (including phenoxy) is 1. The zero-order chi connectivity index (χ0) is 39.4. The summed E-state index contributed by atoms with van der Waals surface area (Å²) < 4.78 is 8.15. The number of unbranched alkanes of at least 4 members (excludes halogenated alkanes) is 1. The number of carbonyl (C=O) groups is 2. The molecule has 2 N–H and O–H groups in total. The van der Waals surface area contributed by atoms with Crippen molar-refractivity contribution in [3.63, 3.8) is 0 Å². The van der Waals surface area contributed by atoms with E-state index in [1.807, 2.05) is 29.0 Å². The van der Waals surface area contributed by atoms with Gasteiger partial charge in [0, 0.05) is 41.8 Å². The number of carboxylic acids is 2. The summed E-state index contributed by atoms with van der Waals surface area (Å²) in [7, 11) is 0. The van der Waals surface area contributed by atoms with Crippen molar-refractivity contribution in [2.75, 3.05) is 0 Å². The molecule has 9 nitrogen and oxygen atoms in total. The van der Waals surface area contributed by atoms with Crippen molar-refractivity contribution in [3.8, 4) is 5.88 Å². The highest BCUT2D eigenvalue weighted by Crippen LogP contribution is 2.26. The van der Waals surface area contributed by atoms with E-state index in [1.54, 1.807) is 36.5 Å². The first-order valence-electron chi connectivity index (χ1n) is 18.7. The number of hydrogen-bond acceptors (Lipinski definition) is 7. The summed E-state index contributed by atoms with van der Waals surface area (Å²) >= 11 is 1.53. The maximum atomic E-state index is 11.8. The number of carboxylic acid groups (broad SMARTS) is 2. The summed E-state index contributed by atoms with van der Waals surface area (Å²) in [5, 5.41) is 20.7. The molecule has 0 saturated carbocycles. The smallest absolute Gasteiger partial charge is 0.335 e. The third kappa shape index (κ3) is 11.5. The van der Waals surface area contributed by atoms with Gasteiger partial charge in [0.2, 0.25) is 5.88 Å². The fourth-order valence-corrected chi connectivity index (χ4v) is 7.11. The Hall–Kier alpha value is -5.09. The summed E-state index contributed by atoms with van der Waals surface area (Å²) in [6.45, 7) is 17.4. The van der Waals surface area contributed by atoms with Crippen LogP contribution in [0.3, 0.4) is 0 Å². The van der Waals surface area contributed by atoms with Crippen LogP contribution in [0, 0.1) is 34.6 Å². The molecule has 2 aromatic carbocycles. The molecular weight excluding hydrogens is 697 g/mol. The van der Waals surface area contributed by atoms with Crippen LogP contribution in [0.4, 0.5) is 0 Å². The molecule has 54 heavy (non-hydrogen) atoms. The molecule has 0 bridgehead atoms.